The lowest BCUT2D eigenvalue weighted by Crippen LogP contribution is -2.46. The summed E-state index contributed by atoms with van der Waals surface area (Å²) in [6.45, 7) is 5.26. The molecule has 11 heteroatoms. The van der Waals surface area contributed by atoms with Crippen LogP contribution in [-0.2, 0) is 30.7 Å². The topological polar surface area (TPSA) is 92.7 Å². The number of pyridine rings is 1. The van der Waals surface area contributed by atoms with Gasteiger partial charge in [0.2, 0.25) is 5.91 Å². The summed E-state index contributed by atoms with van der Waals surface area (Å²) in [5, 5.41) is 11.9. The summed E-state index contributed by atoms with van der Waals surface area (Å²) < 4.78 is 43.3. The number of aliphatic hydroxyl groups is 1. The molecule has 1 saturated heterocycles. The molecule has 0 spiro atoms. The number of nitrogens with zero attached hydrogens (tertiary/aromatic N) is 5. The number of likely N-dealkylation sites (tertiary alicyclic amines) is 1. The fourth-order valence-electron chi connectivity index (χ4n) is 5.13. The van der Waals surface area contributed by atoms with E-state index in [4.69, 9.17) is 0 Å². The van der Waals surface area contributed by atoms with Crippen molar-refractivity contribution in [1.82, 2.24) is 19.0 Å². The highest BCUT2D eigenvalue weighted by molar-refractivity contribution is 5.77. The fraction of sp³-hybridized carbons (Fsp3) is 0.462. The summed E-state index contributed by atoms with van der Waals surface area (Å²) in [5.74, 6) is -0.0781. The first-order valence-electron chi connectivity index (χ1n) is 12.0. The van der Waals surface area contributed by atoms with E-state index in [0.717, 1.165) is 6.07 Å². The average molecular weight is 518 g/mol. The largest absolute Gasteiger partial charge is 0.416 e. The Labute approximate surface area is 211 Å². The molecule has 8 nitrogen and oxygen atoms in total. The Bertz CT molecular complexity index is 1500. The Kier molecular flexibility index (Phi) is 6.78. The van der Waals surface area contributed by atoms with Crippen LogP contribution in [0, 0.1) is 6.92 Å². The third-order valence-electron chi connectivity index (χ3n) is 7.31. The van der Waals surface area contributed by atoms with Gasteiger partial charge in [0, 0.05) is 34.1 Å². The van der Waals surface area contributed by atoms with Gasteiger partial charge in [0.15, 0.2) is 5.49 Å². The van der Waals surface area contributed by atoms with Crippen molar-refractivity contribution >= 4 is 16.8 Å². The highest BCUT2D eigenvalue weighted by Gasteiger charge is 2.37. The minimum atomic E-state index is -4.49. The molecule has 1 N–H and O–H groups in total. The van der Waals surface area contributed by atoms with Crippen molar-refractivity contribution in [2.75, 3.05) is 13.1 Å². The molecule has 1 fully saturated rings. The third kappa shape index (κ3) is 4.79. The molecule has 1 atom stereocenters. The number of fused-ring (bicyclic) bond motifs is 1. The molecule has 0 saturated carbocycles. The molecular weight excluding hydrogens is 487 g/mol. The molecule has 3 heterocycles. The van der Waals surface area contributed by atoms with Gasteiger partial charge in [0.05, 0.1) is 29.0 Å². The minimum Gasteiger partial charge on any atom is -0.383 e. The van der Waals surface area contributed by atoms with Gasteiger partial charge in [-0.25, -0.2) is 4.98 Å². The summed E-state index contributed by atoms with van der Waals surface area (Å²) in [5.41, 5.74) is -1.07. The molecular formula is C26H30F3N5O3. The molecule has 0 aliphatic carbocycles. The first-order valence-corrected chi connectivity index (χ1v) is 12.0. The van der Waals surface area contributed by atoms with Crippen LogP contribution in [0.2, 0.25) is 0 Å². The second kappa shape index (κ2) is 9.44. The lowest BCUT2D eigenvalue weighted by atomic mass is 9.87. The van der Waals surface area contributed by atoms with Crippen LogP contribution in [0.3, 0.4) is 0 Å². The summed E-state index contributed by atoms with van der Waals surface area (Å²) in [6, 6.07) is 4.98. The zero-order valence-corrected chi connectivity index (χ0v) is 21.4. The van der Waals surface area contributed by atoms with Gasteiger partial charge in [-0.15, -0.1) is 0 Å². The fourth-order valence-corrected chi connectivity index (χ4v) is 5.13. The maximum atomic E-state index is 13.5. The van der Waals surface area contributed by atoms with E-state index in [-0.39, 0.29) is 35.4 Å². The molecule has 1 aromatic carbocycles. The Balaban J connectivity index is 1.88. The Morgan fingerprint density at radius 1 is 1.22 bits per heavy atom. The van der Waals surface area contributed by atoms with E-state index in [0.29, 0.717) is 35.2 Å². The average Bonchev–Trinajstić information content (AvgIpc) is 2.82. The minimum absolute atomic E-state index is 0.0781. The van der Waals surface area contributed by atoms with Crippen LogP contribution >= 0.6 is 0 Å². The molecule has 2 aromatic heterocycles. The third-order valence-corrected chi connectivity index (χ3v) is 7.31. The first-order chi connectivity index (χ1) is 17.2. The number of carbonyl (C=O) groups excluding carboxylic acids is 1. The van der Waals surface area contributed by atoms with E-state index in [1.54, 1.807) is 42.6 Å². The van der Waals surface area contributed by atoms with Crippen molar-refractivity contribution < 1.29 is 23.1 Å². The van der Waals surface area contributed by atoms with Crippen LogP contribution in [-0.4, -0.2) is 43.1 Å². The molecule has 0 bridgehead atoms. The normalized spacial score (nSPS) is 17.3. The number of aryl methyl sites for hydroxylation is 1. The van der Waals surface area contributed by atoms with E-state index in [2.05, 4.69) is 9.98 Å². The van der Waals surface area contributed by atoms with Crippen LogP contribution in [0.5, 0.6) is 0 Å². The van der Waals surface area contributed by atoms with E-state index < -0.39 is 23.4 Å². The van der Waals surface area contributed by atoms with Crippen molar-refractivity contribution in [1.29, 1.82) is 0 Å². The van der Waals surface area contributed by atoms with E-state index in [1.807, 2.05) is 0 Å². The van der Waals surface area contributed by atoms with Gasteiger partial charge < -0.3 is 19.1 Å². The van der Waals surface area contributed by atoms with Crippen molar-refractivity contribution in [2.24, 2.45) is 19.1 Å². The Morgan fingerprint density at radius 3 is 2.46 bits per heavy atom. The predicted molar refractivity (Wildman–Crippen MR) is 131 cm³/mol. The smallest absolute Gasteiger partial charge is 0.383 e. The summed E-state index contributed by atoms with van der Waals surface area (Å²) in [7, 11) is 3.25. The van der Waals surface area contributed by atoms with E-state index in [1.165, 1.54) is 30.8 Å². The van der Waals surface area contributed by atoms with Crippen molar-refractivity contribution in [2.45, 2.75) is 51.4 Å². The van der Waals surface area contributed by atoms with Crippen molar-refractivity contribution in [3.63, 3.8) is 0 Å². The van der Waals surface area contributed by atoms with Crippen LogP contribution in [0.1, 0.15) is 55.1 Å². The molecule has 0 radical (unpaired) electrons. The number of halogens is 3. The second-order valence-electron chi connectivity index (χ2n) is 9.70. The number of aromatic nitrogens is 3. The standard InChI is InChI=1S/C26H30F3N5O3/c1-15-18(7-6-8-20(15)26(27,28)29)16(2)31-23-19-13-21(25(37)9-11-34(12-10-25)17(3)35)33(5)24(36)22(19)32(4)14-30-23/h6-8,13-14,16,37H,9-12H2,1-5H3/b31-23-/t16-/m1/s1. The molecule has 1 aliphatic heterocycles. The Morgan fingerprint density at radius 2 is 1.86 bits per heavy atom. The Hall–Kier alpha value is -3.47. The van der Waals surface area contributed by atoms with Crippen LogP contribution in [0.4, 0.5) is 13.2 Å². The van der Waals surface area contributed by atoms with Crippen molar-refractivity contribution in [3.05, 3.63) is 68.8 Å². The number of hydrogen-bond acceptors (Lipinski definition) is 5. The van der Waals surface area contributed by atoms with Crippen LogP contribution in [0.25, 0.3) is 10.9 Å². The molecule has 1 aliphatic rings. The lowest BCUT2D eigenvalue weighted by molar-refractivity contribution is -0.138. The van der Waals surface area contributed by atoms with Crippen LogP contribution in [0.15, 0.2) is 40.4 Å². The molecule has 0 unspecified atom stereocenters. The highest BCUT2D eigenvalue weighted by atomic mass is 19.4. The second-order valence-corrected chi connectivity index (χ2v) is 9.70. The summed E-state index contributed by atoms with van der Waals surface area (Å²) >= 11 is 0. The first kappa shape index (κ1) is 26.6. The number of amides is 1. The number of benzene rings is 1. The zero-order chi connectivity index (χ0) is 27.3. The van der Waals surface area contributed by atoms with E-state index >= 15 is 0 Å². The summed E-state index contributed by atoms with van der Waals surface area (Å²) in [4.78, 5) is 35.8. The van der Waals surface area contributed by atoms with Gasteiger partial charge in [0.25, 0.3) is 5.56 Å². The zero-order valence-electron chi connectivity index (χ0n) is 21.4. The number of alkyl halides is 3. The number of rotatable bonds is 3. The van der Waals surface area contributed by atoms with Gasteiger partial charge in [0.1, 0.15) is 11.1 Å². The SMILES string of the molecule is CC(=O)N1CCC(O)(c2cc3/c(=N/[C@H](C)c4cccc(C(F)(F)F)c4C)ncn(C)c3c(=O)n2C)CC1. The van der Waals surface area contributed by atoms with Gasteiger partial charge in [-0.2, -0.15) is 13.2 Å². The van der Waals surface area contributed by atoms with Crippen LogP contribution < -0.4 is 11.0 Å². The predicted octanol–water partition coefficient (Wildman–Crippen LogP) is 3.09. The molecule has 4 rings (SSSR count). The molecule has 1 amide bonds. The number of piperidine rings is 1. The van der Waals surface area contributed by atoms with Gasteiger partial charge in [-0.1, -0.05) is 12.1 Å². The van der Waals surface area contributed by atoms with Gasteiger partial charge in [-0.05, 0) is 49.9 Å². The maximum absolute atomic E-state index is 13.5. The quantitative estimate of drug-likeness (QED) is 0.578. The molecule has 198 valence electrons. The van der Waals surface area contributed by atoms with E-state index in [9.17, 15) is 27.9 Å². The lowest BCUT2D eigenvalue weighted by Gasteiger charge is -2.38. The maximum Gasteiger partial charge on any atom is 0.416 e. The highest BCUT2D eigenvalue weighted by Crippen LogP contribution is 2.35. The number of hydrogen-bond donors (Lipinski definition) is 1. The van der Waals surface area contributed by atoms with Crippen molar-refractivity contribution in [3.8, 4) is 0 Å². The van der Waals surface area contributed by atoms with Gasteiger partial charge >= 0.3 is 6.18 Å². The van der Waals surface area contributed by atoms with Gasteiger partial charge in [-0.3, -0.25) is 14.6 Å². The number of carbonyl (C=O) groups is 1. The summed E-state index contributed by atoms with van der Waals surface area (Å²) in [6.07, 6.45) is -2.54. The molecule has 37 heavy (non-hydrogen) atoms. The molecule has 3 aromatic rings. The monoisotopic (exact) mass is 517 g/mol.